The minimum Gasteiger partial charge on any atom is -0.322 e. The molecule has 0 heterocycles. The van der Waals surface area contributed by atoms with E-state index in [9.17, 15) is 4.79 Å². The number of amides is 1. The summed E-state index contributed by atoms with van der Waals surface area (Å²) < 4.78 is 0. The third-order valence-electron chi connectivity index (χ3n) is 4.94. The Morgan fingerprint density at radius 1 is 0.767 bits per heavy atom. The summed E-state index contributed by atoms with van der Waals surface area (Å²) in [5.74, 6) is 0.809. The molecule has 0 atom stereocenters. The van der Waals surface area contributed by atoms with E-state index in [2.05, 4.69) is 53.8 Å². The molecule has 0 bridgehead atoms. The van der Waals surface area contributed by atoms with Gasteiger partial charge in [-0.1, -0.05) is 72.8 Å². The fourth-order valence-electron chi connectivity index (χ4n) is 3.28. The Hall–Kier alpha value is -3.30. The zero-order chi connectivity index (χ0) is 20.8. The van der Waals surface area contributed by atoms with Crippen molar-refractivity contribution in [2.45, 2.75) is 17.6 Å². The molecule has 1 N–H and O–H groups in total. The highest BCUT2D eigenvalue weighted by Crippen LogP contribution is 2.25. The second kappa shape index (κ2) is 9.47. The normalized spacial score (nSPS) is 10.6. The number of nitrogens with one attached hydrogen (secondary N) is 1. The summed E-state index contributed by atoms with van der Waals surface area (Å²) in [5, 5.41) is 3.04. The molecule has 0 fully saturated rings. The smallest absolute Gasteiger partial charge is 0.255 e. The summed E-state index contributed by atoms with van der Waals surface area (Å²) in [7, 11) is 0. The zero-order valence-corrected chi connectivity index (χ0v) is 17.7. The van der Waals surface area contributed by atoms with Crippen LogP contribution in [0.5, 0.6) is 0 Å². The van der Waals surface area contributed by atoms with Crippen LogP contribution in [0.4, 0.5) is 5.69 Å². The summed E-state index contributed by atoms with van der Waals surface area (Å²) >= 11 is 1.81. The lowest BCUT2D eigenvalue weighted by Crippen LogP contribution is -2.12. The standard InChI is InChI=1S/C27H23NOS/c1-20-18-21(19-30-25-10-6-3-7-11-25)12-17-26(20)28-27(29)24-15-13-23(14-16-24)22-8-4-2-5-9-22/h2-18H,19H2,1H3,(H,28,29). The lowest BCUT2D eigenvalue weighted by atomic mass is 10.0. The summed E-state index contributed by atoms with van der Waals surface area (Å²) in [6.07, 6.45) is 0. The highest BCUT2D eigenvalue weighted by Gasteiger charge is 2.09. The Bertz CT molecular complexity index is 1120. The van der Waals surface area contributed by atoms with Crippen LogP contribution in [0.1, 0.15) is 21.5 Å². The number of aryl methyl sites for hydroxylation is 1. The van der Waals surface area contributed by atoms with Crippen LogP contribution in [0.15, 0.2) is 108 Å². The van der Waals surface area contributed by atoms with E-state index in [1.807, 2.05) is 73.3 Å². The quantitative estimate of drug-likeness (QED) is 0.341. The predicted molar refractivity (Wildman–Crippen MR) is 127 cm³/mol. The Kier molecular flexibility index (Phi) is 6.31. The second-order valence-corrected chi connectivity index (χ2v) is 8.20. The minimum atomic E-state index is -0.0934. The molecule has 0 unspecified atom stereocenters. The van der Waals surface area contributed by atoms with Gasteiger partial charge in [-0.25, -0.2) is 0 Å². The molecule has 0 aliphatic carbocycles. The maximum atomic E-state index is 12.7. The molecule has 0 aliphatic heterocycles. The molecule has 4 aromatic rings. The van der Waals surface area contributed by atoms with E-state index in [1.165, 1.54) is 10.5 Å². The van der Waals surface area contributed by atoms with E-state index in [0.29, 0.717) is 5.56 Å². The first-order valence-electron chi connectivity index (χ1n) is 9.93. The lowest BCUT2D eigenvalue weighted by molar-refractivity contribution is 0.102. The van der Waals surface area contributed by atoms with E-state index < -0.39 is 0 Å². The van der Waals surface area contributed by atoms with Crippen LogP contribution >= 0.6 is 11.8 Å². The third kappa shape index (κ3) is 5.00. The average molecular weight is 410 g/mol. The summed E-state index contributed by atoms with van der Waals surface area (Å²) in [6.45, 7) is 2.03. The van der Waals surface area contributed by atoms with E-state index in [-0.39, 0.29) is 5.91 Å². The first-order chi connectivity index (χ1) is 14.7. The molecule has 0 radical (unpaired) electrons. The minimum absolute atomic E-state index is 0.0934. The van der Waals surface area contributed by atoms with E-state index in [1.54, 1.807) is 0 Å². The van der Waals surface area contributed by atoms with Gasteiger partial charge >= 0.3 is 0 Å². The van der Waals surface area contributed by atoms with Gasteiger partial charge in [0.1, 0.15) is 0 Å². The monoisotopic (exact) mass is 409 g/mol. The van der Waals surface area contributed by atoms with Gasteiger partial charge in [0.05, 0.1) is 0 Å². The SMILES string of the molecule is Cc1cc(CSc2ccccc2)ccc1NC(=O)c1ccc(-c2ccccc2)cc1. The van der Waals surface area contributed by atoms with Gasteiger partial charge in [0.2, 0.25) is 0 Å². The van der Waals surface area contributed by atoms with Gasteiger partial charge in [-0.15, -0.1) is 11.8 Å². The molecular formula is C27H23NOS. The van der Waals surface area contributed by atoms with Crippen molar-refractivity contribution in [2.24, 2.45) is 0 Å². The Morgan fingerprint density at radius 2 is 1.40 bits per heavy atom. The van der Waals surface area contributed by atoms with Crippen molar-refractivity contribution in [1.82, 2.24) is 0 Å². The van der Waals surface area contributed by atoms with Crippen molar-refractivity contribution in [3.8, 4) is 11.1 Å². The van der Waals surface area contributed by atoms with Gasteiger partial charge in [0.15, 0.2) is 0 Å². The van der Waals surface area contributed by atoms with Gasteiger partial charge in [-0.2, -0.15) is 0 Å². The van der Waals surface area contributed by atoms with Gasteiger partial charge in [0, 0.05) is 21.9 Å². The predicted octanol–water partition coefficient (Wildman–Crippen LogP) is 7.21. The molecule has 0 saturated carbocycles. The highest BCUT2D eigenvalue weighted by atomic mass is 32.2. The maximum Gasteiger partial charge on any atom is 0.255 e. The largest absolute Gasteiger partial charge is 0.322 e. The number of hydrogen-bond donors (Lipinski definition) is 1. The van der Waals surface area contributed by atoms with Crippen molar-refractivity contribution in [1.29, 1.82) is 0 Å². The van der Waals surface area contributed by atoms with E-state index >= 15 is 0 Å². The summed E-state index contributed by atoms with van der Waals surface area (Å²) in [5.41, 5.74) is 6.05. The molecule has 4 rings (SSSR count). The number of carbonyl (C=O) groups is 1. The first kappa shape index (κ1) is 20.0. The van der Waals surface area contributed by atoms with Crippen molar-refractivity contribution in [3.05, 3.63) is 120 Å². The number of anilines is 1. The summed E-state index contributed by atoms with van der Waals surface area (Å²) in [4.78, 5) is 14.0. The van der Waals surface area contributed by atoms with Crippen LogP contribution in [0.25, 0.3) is 11.1 Å². The molecule has 148 valence electrons. The number of benzene rings is 4. The van der Waals surface area contributed by atoms with Crippen LogP contribution in [-0.4, -0.2) is 5.91 Å². The Labute approximate surface area is 182 Å². The molecular weight excluding hydrogens is 386 g/mol. The Balaban J connectivity index is 1.40. The number of thioether (sulfide) groups is 1. The van der Waals surface area contributed by atoms with Crippen LogP contribution in [-0.2, 0) is 5.75 Å². The molecule has 0 saturated heterocycles. The van der Waals surface area contributed by atoms with Crippen molar-refractivity contribution >= 4 is 23.4 Å². The molecule has 2 nitrogen and oxygen atoms in total. The fourth-order valence-corrected chi connectivity index (χ4v) is 4.14. The second-order valence-electron chi connectivity index (χ2n) is 7.15. The Morgan fingerprint density at radius 3 is 2.07 bits per heavy atom. The average Bonchev–Trinajstić information content (AvgIpc) is 2.80. The van der Waals surface area contributed by atoms with Crippen molar-refractivity contribution in [3.63, 3.8) is 0 Å². The van der Waals surface area contributed by atoms with Crippen LogP contribution in [0.2, 0.25) is 0 Å². The molecule has 4 aromatic carbocycles. The fraction of sp³-hybridized carbons (Fsp3) is 0.0741. The van der Waals surface area contributed by atoms with Gasteiger partial charge in [-0.05, 0) is 59.5 Å². The summed E-state index contributed by atoms with van der Waals surface area (Å²) in [6, 6.07) is 34.5. The number of carbonyl (C=O) groups excluding carboxylic acids is 1. The molecule has 1 amide bonds. The van der Waals surface area contributed by atoms with Crippen molar-refractivity contribution in [2.75, 3.05) is 5.32 Å². The molecule has 0 aliphatic rings. The molecule has 3 heteroatoms. The molecule has 0 spiro atoms. The third-order valence-corrected chi connectivity index (χ3v) is 6.03. The van der Waals surface area contributed by atoms with Gasteiger partial charge in [0.25, 0.3) is 5.91 Å². The zero-order valence-electron chi connectivity index (χ0n) is 16.8. The van der Waals surface area contributed by atoms with E-state index in [0.717, 1.165) is 28.1 Å². The maximum absolute atomic E-state index is 12.7. The van der Waals surface area contributed by atoms with Crippen LogP contribution in [0.3, 0.4) is 0 Å². The van der Waals surface area contributed by atoms with Crippen LogP contribution < -0.4 is 5.32 Å². The molecule has 0 aromatic heterocycles. The number of hydrogen-bond acceptors (Lipinski definition) is 2. The number of rotatable bonds is 6. The van der Waals surface area contributed by atoms with Gasteiger partial charge in [-0.3, -0.25) is 4.79 Å². The van der Waals surface area contributed by atoms with Crippen LogP contribution in [0, 0.1) is 6.92 Å². The lowest BCUT2D eigenvalue weighted by Gasteiger charge is -2.11. The van der Waals surface area contributed by atoms with E-state index in [4.69, 9.17) is 0 Å². The van der Waals surface area contributed by atoms with Crippen molar-refractivity contribution < 1.29 is 4.79 Å². The topological polar surface area (TPSA) is 29.1 Å². The highest BCUT2D eigenvalue weighted by molar-refractivity contribution is 7.98. The first-order valence-corrected chi connectivity index (χ1v) is 10.9. The van der Waals surface area contributed by atoms with Gasteiger partial charge < -0.3 is 5.32 Å². The molecule has 30 heavy (non-hydrogen) atoms.